The van der Waals surface area contributed by atoms with Gasteiger partial charge in [0.05, 0.1) is 19.2 Å². The van der Waals surface area contributed by atoms with Crippen LogP contribution in [0.3, 0.4) is 0 Å². The lowest BCUT2D eigenvalue weighted by Crippen LogP contribution is -2.37. The Bertz CT molecular complexity index is 698. The van der Waals surface area contributed by atoms with E-state index in [1.165, 1.54) is 0 Å². The highest BCUT2D eigenvalue weighted by molar-refractivity contribution is 5.78. The van der Waals surface area contributed by atoms with Crippen LogP contribution in [0.25, 0.3) is 0 Å². The molecule has 0 fully saturated rings. The van der Waals surface area contributed by atoms with E-state index in [0.717, 1.165) is 22.8 Å². The Kier molecular flexibility index (Phi) is 6.05. The molecule has 0 aliphatic rings. The smallest absolute Gasteiger partial charge is 0.234 e. The maximum atomic E-state index is 12.0. The first-order chi connectivity index (χ1) is 11.4. The summed E-state index contributed by atoms with van der Waals surface area (Å²) < 4.78 is 1.90. The monoisotopic (exact) mass is 331 g/mol. The van der Waals surface area contributed by atoms with E-state index in [1.807, 2.05) is 61.7 Å². The van der Waals surface area contributed by atoms with Gasteiger partial charge in [-0.1, -0.05) is 24.3 Å². The van der Waals surface area contributed by atoms with E-state index in [0.29, 0.717) is 6.54 Å². The maximum Gasteiger partial charge on any atom is 0.234 e. The fraction of sp³-hybridized carbons (Fsp3) is 0.471. The zero-order valence-corrected chi connectivity index (χ0v) is 14.7. The van der Waals surface area contributed by atoms with Crippen molar-refractivity contribution in [2.75, 3.05) is 20.1 Å². The molecule has 0 saturated carbocycles. The summed E-state index contributed by atoms with van der Waals surface area (Å²) in [4.78, 5) is 13.9. The molecule has 0 bridgehead atoms. The van der Waals surface area contributed by atoms with Gasteiger partial charge in [-0.2, -0.15) is 0 Å². The van der Waals surface area contributed by atoms with E-state index in [4.69, 9.17) is 0 Å². The minimum atomic E-state index is -0.707. The summed E-state index contributed by atoms with van der Waals surface area (Å²) >= 11 is 0. The number of hydrogen-bond acceptors (Lipinski definition) is 5. The van der Waals surface area contributed by atoms with Crippen molar-refractivity contribution in [3.8, 4) is 0 Å². The van der Waals surface area contributed by atoms with Gasteiger partial charge in [0, 0.05) is 13.6 Å². The number of carbonyl (C=O) groups excluding carboxylic acids is 1. The van der Waals surface area contributed by atoms with Crippen LogP contribution in [0, 0.1) is 13.8 Å². The highest BCUT2D eigenvalue weighted by Crippen LogP contribution is 2.16. The van der Waals surface area contributed by atoms with Gasteiger partial charge < -0.3 is 15.0 Å². The Morgan fingerprint density at radius 2 is 2.04 bits per heavy atom. The molecule has 2 rings (SSSR count). The van der Waals surface area contributed by atoms with Crippen molar-refractivity contribution >= 4 is 5.91 Å². The molecule has 1 aromatic heterocycles. The van der Waals surface area contributed by atoms with E-state index >= 15 is 0 Å². The Morgan fingerprint density at radius 3 is 2.67 bits per heavy atom. The SMILES string of the molecule is Cc1ccccc1C(O)CNC(=O)CN(C)Cc1nnc(C)n1C. The van der Waals surface area contributed by atoms with Gasteiger partial charge in [0.2, 0.25) is 5.91 Å². The van der Waals surface area contributed by atoms with Crippen LogP contribution in [0.5, 0.6) is 0 Å². The Labute approximate surface area is 142 Å². The Hall–Kier alpha value is -2.25. The number of benzene rings is 1. The maximum absolute atomic E-state index is 12.0. The molecule has 7 nitrogen and oxygen atoms in total. The van der Waals surface area contributed by atoms with E-state index in [9.17, 15) is 9.90 Å². The fourth-order valence-corrected chi connectivity index (χ4v) is 2.47. The highest BCUT2D eigenvalue weighted by Gasteiger charge is 2.14. The number of rotatable bonds is 7. The molecular weight excluding hydrogens is 306 g/mol. The lowest BCUT2D eigenvalue weighted by molar-refractivity contribution is -0.122. The molecule has 2 aromatic rings. The number of aliphatic hydroxyl groups is 1. The number of aryl methyl sites for hydroxylation is 2. The van der Waals surface area contributed by atoms with Crippen molar-refractivity contribution in [3.05, 3.63) is 47.0 Å². The van der Waals surface area contributed by atoms with E-state index in [2.05, 4.69) is 15.5 Å². The summed E-state index contributed by atoms with van der Waals surface area (Å²) in [7, 11) is 3.75. The molecular formula is C17H25N5O2. The summed E-state index contributed by atoms with van der Waals surface area (Å²) in [5, 5.41) is 21.1. The second kappa shape index (κ2) is 8.03. The van der Waals surface area contributed by atoms with Crippen molar-refractivity contribution in [2.24, 2.45) is 7.05 Å². The van der Waals surface area contributed by atoms with Gasteiger partial charge in [0.25, 0.3) is 0 Å². The van der Waals surface area contributed by atoms with Crippen molar-refractivity contribution < 1.29 is 9.90 Å². The predicted octanol–water partition coefficient (Wildman–Crippen LogP) is 0.714. The standard InChI is InChI=1S/C17H25N5O2/c1-12-7-5-6-8-14(12)15(23)9-18-17(24)11-21(3)10-16-20-19-13(2)22(16)4/h5-8,15,23H,9-11H2,1-4H3,(H,18,24). The van der Waals surface area contributed by atoms with Gasteiger partial charge in [-0.3, -0.25) is 9.69 Å². The minimum Gasteiger partial charge on any atom is -0.387 e. The van der Waals surface area contributed by atoms with Crippen LogP contribution < -0.4 is 5.32 Å². The minimum absolute atomic E-state index is 0.135. The molecule has 7 heteroatoms. The molecule has 0 spiro atoms. The Balaban J connectivity index is 1.80. The summed E-state index contributed by atoms with van der Waals surface area (Å²) in [5.74, 6) is 1.51. The number of aliphatic hydroxyl groups excluding tert-OH is 1. The molecule has 0 aliphatic heterocycles. The van der Waals surface area contributed by atoms with Gasteiger partial charge >= 0.3 is 0 Å². The van der Waals surface area contributed by atoms with E-state index < -0.39 is 6.10 Å². The van der Waals surface area contributed by atoms with Crippen molar-refractivity contribution in [3.63, 3.8) is 0 Å². The zero-order valence-electron chi connectivity index (χ0n) is 14.7. The average Bonchev–Trinajstić information content (AvgIpc) is 2.85. The third-order valence-electron chi connectivity index (χ3n) is 4.05. The van der Waals surface area contributed by atoms with Gasteiger partial charge in [-0.15, -0.1) is 10.2 Å². The van der Waals surface area contributed by atoms with Crippen LogP contribution in [0.15, 0.2) is 24.3 Å². The number of aromatic nitrogens is 3. The third-order valence-corrected chi connectivity index (χ3v) is 4.05. The third kappa shape index (κ3) is 4.62. The number of nitrogens with zero attached hydrogens (tertiary/aromatic N) is 4. The normalized spacial score (nSPS) is 12.4. The molecule has 0 saturated heterocycles. The number of nitrogens with one attached hydrogen (secondary N) is 1. The van der Waals surface area contributed by atoms with Crippen molar-refractivity contribution in [1.29, 1.82) is 0 Å². The number of amides is 1. The zero-order chi connectivity index (χ0) is 17.7. The van der Waals surface area contributed by atoms with Gasteiger partial charge in [0.15, 0.2) is 0 Å². The summed E-state index contributed by atoms with van der Waals surface area (Å²) in [6.07, 6.45) is -0.707. The molecule has 130 valence electrons. The highest BCUT2D eigenvalue weighted by atomic mass is 16.3. The van der Waals surface area contributed by atoms with Crippen molar-refractivity contribution in [2.45, 2.75) is 26.5 Å². The lowest BCUT2D eigenvalue weighted by Gasteiger charge is -2.18. The number of carbonyl (C=O) groups is 1. The van der Waals surface area contributed by atoms with E-state index in [-0.39, 0.29) is 19.0 Å². The molecule has 1 unspecified atom stereocenters. The fourth-order valence-electron chi connectivity index (χ4n) is 2.47. The van der Waals surface area contributed by atoms with Gasteiger partial charge in [-0.05, 0) is 32.0 Å². The predicted molar refractivity (Wildman–Crippen MR) is 91.2 cm³/mol. The van der Waals surface area contributed by atoms with Gasteiger partial charge in [0.1, 0.15) is 11.6 Å². The topological polar surface area (TPSA) is 83.3 Å². The van der Waals surface area contributed by atoms with Crippen LogP contribution in [0.4, 0.5) is 0 Å². The lowest BCUT2D eigenvalue weighted by atomic mass is 10.0. The largest absolute Gasteiger partial charge is 0.387 e. The van der Waals surface area contributed by atoms with Crippen LogP contribution >= 0.6 is 0 Å². The Morgan fingerprint density at radius 1 is 1.33 bits per heavy atom. The molecule has 1 aromatic carbocycles. The molecule has 1 atom stereocenters. The van der Waals surface area contributed by atoms with Crippen LogP contribution in [0.2, 0.25) is 0 Å². The van der Waals surface area contributed by atoms with Gasteiger partial charge in [-0.25, -0.2) is 0 Å². The first-order valence-electron chi connectivity index (χ1n) is 7.92. The number of likely N-dealkylation sites (N-methyl/N-ethyl adjacent to an activating group) is 1. The second-order valence-electron chi connectivity index (χ2n) is 6.07. The first-order valence-corrected chi connectivity index (χ1v) is 7.92. The number of hydrogen-bond donors (Lipinski definition) is 2. The van der Waals surface area contributed by atoms with Crippen LogP contribution in [-0.4, -0.2) is 50.8 Å². The van der Waals surface area contributed by atoms with E-state index in [1.54, 1.807) is 0 Å². The molecule has 1 heterocycles. The molecule has 1 amide bonds. The van der Waals surface area contributed by atoms with Crippen molar-refractivity contribution in [1.82, 2.24) is 25.0 Å². The first kappa shape index (κ1) is 18.1. The quantitative estimate of drug-likeness (QED) is 0.781. The molecule has 0 radical (unpaired) electrons. The second-order valence-corrected chi connectivity index (χ2v) is 6.07. The molecule has 24 heavy (non-hydrogen) atoms. The van der Waals surface area contributed by atoms with Crippen LogP contribution in [-0.2, 0) is 18.4 Å². The molecule has 0 aliphatic carbocycles. The average molecular weight is 331 g/mol. The van der Waals surface area contributed by atoms with Crippen LogP contribution in [0.1, 0.15) is 28.9 Å². The summed E-state index contributed by atoms with van der Waals surface area (Å²) in [6.45, 7) is 4.78. The molecule has 2 N–H and O–H groups in total. The summed E-state index contributed by atoms with van der Waals surface area (Å²) in [5.41, 5.74) is 1.84. The summed E-state index contributed by atoms with van der Waals surface area (Å²) in [6, 6.07) is 7.61.